The Bertz CT molecular complexity index is 323. The molecule has 1 amide bonds. The van der Waals surface area contributed by atoms with E-state index >= 15 is 0 Å². The van der Waals surface area contributed by atoms with Crippen molar-refractivity contribution in [3.05, 3.63) is 35.9 Å². The molecule has 0 saturated heterocycles. The number of benzene rings is 1. The van der Waals surface area contributed by atoms with Crippen LogP contribution in [0.15, 0.2) is 30.3 Å². The van der Waals surface area contributed by atoms with E-state index in [1.807, 2.05) is 37.3 Å². The molecule has 1 aromatic rings. The van der Waals surface area contributed by atoms with Crippen LogP contribution in [0.2, 0.25) is 0 Å². The first-order valence-electron chi connectivity index (χ1n) is 5.27. The summed E-state index contributed by atoms with van der Waals surface area (Å²) in [6.07, 6.45) is -0.578. The molecule has 0 saturated carbocycles. The van der Waals surface area contributed by atoms with Gasteiger partial charge in [-0.25, -0.2) is 0 Å². The molecule has 0 heterocycles. The van der Waals surface area contributed by atoms with Gasteiger partial charge in [0.2, 0.25) is 0 Å². The second kappa shape index (κ2) is 6.25. The number of hydrogen-bond donors (Lipinski definition) is 2. The number of methoxy groups -OCH3 is 1. The van der Waals surface area contributed by atoms with Crippen molar-refractivity contribution < 1.29 is 9.53 Å². The smallest absolute Gasteiger partial charge is 0.250 e. The maximum absolute atomic E-state index is 11.7. The van der Waals surface area contributed by atoms with Crippen LogP contribution in [0.1, 0.15) is 18.5 Å². The highest BCUT2D eigenvalue weighted by atomic mass is 16.5. The van der Waals surface area contributed by atoms with E-state index in [9.17, 15) is 4.79 Å². The normalized spacial score (nSPS) is 14.2. The molecule has 2 atom stereocenters. The summed E-state index contributed by atoms with van der Waals surface area (Å²) in [5, 5.41) is 2.85. The summed E-state index contributed by atoms with van der Waals surface area (Å²) in [5.41, 5.74) is 6.47. The predicted octanol–water partition coefficient (Wildman–Crippen LogP) is 0.838. The number of nitrogens with two attached hydrogens (primary N) is 1. The SMILES string of the molecule is COC(CN)C(=O)N[C@H](C)c1ccccc1. The Hall–Kier alpha value is -1.39. The van der Waals surface area contributed by atoms with E-state index in [1.54, 1.807) is 0 Å². The number of rotatable bonds is 5. The van der Waals surface area contributed by atoms with E-state index in [2.05, 4.69) is 5.32 Å². The summed E-state index contributed by atoms with van der Waals surface area (Å²) < 4.78 is 4.96. The summed E-state index contributed by atoms with van der Waals surface area (Å²) in [7, 11) is 1.48. The average Bonchev–Trinajstić information content (AvgIpc) is 2.31. The van der Waals surface area contributed by atoms with Crippen molar-refractivity contribution in [2.75, 3.05) is 13.7 Å². The van der Waals surface area contributed by atoms with Gasteiger partial charge in [0.25, 0.3) is 5.91 Å². The van der Waals surface area contributed by atoms with Crippen LogP contribution >= 0.6 is 0 Å². The Kier molecular flexibility index (Phi) is 4.95. The molecule has 4 heteroatoms. The van der Waals surface area contributed by atoms with Gasteiger partial charge >= 0.3 is 0 Å². The van der Waals surface area contributed by atoms with Crippen LogP contribution in [-0.2, 0) is 9.53 Å². The fraction of sp³-hybridized carbons (Fsp3) is 0.417. The van der Waals surface area contributed by atoms with Gasteiger partial charge in [0.05, 0.1) is 6.04 Å². The first-order chi connectivity index (χ1) is 7.69. The summed E-state index contributed by atoms with van der Waals surface area (Å²) in [6, 6.07) is 9.71. The molecule has 0 aliphatic heterocycles. The largest absolute Gasteiger partial charge is 0.370 e. The van der Waals surface area contributed by atoms with Gasteiger partial charge in [-0.3, -0.25) is 4.79 Å². The zero-order valence-corrected chi connectivity index (χ0v) is 9.64. The molecule has 0 aromatic heterocycles. The number of hydrogen-bond acceptors (Lipinski definition) is 3. The van der Waals surface area contributed by atoms with E-state index in [0.29, 0.717) is 0 Å². The van der Waals surface area contributed by atoms with Gasteiger partial charge in [-0.05, 0) is 12.5 Å². The number of carbonyl (C=O) groups is 1. The lowest BCUT2D eigenvalue weighted by molar-refractivity contribution is -0.131. The quantitative estimate of drug-likeness (QED) is 0.776. The summed E-state index contributed by atoms with van der Waals surface area (Å²) >= 11 is 0. The van der Waals surface area contributed by atoms with Crippen LogP contribution in [0.4, 0.5) is 0 Å². The maximum Gasteiger partial charge on any atom is 0.250 e. The van der Waals surface area contributed by atoms with Crippen LogP contribution < -0.4 is 11.1 Å². The molecule has 4 nitrogen and oxygen atoms in total. The first-order valence-corrected chi connectivity index (χ1v) is 5.27. The molecular formula is C12H18N2O2. The fourth-order valence-corrected chi connectivity index (χ4v) is 1.44. The van der Waals surface area contributed by atoms with Crippen LogP contribution in [0.5, 0.6) is 0 Å². The van der Waals surface area contributed by atoms with E-state index < -0.39 is 6.10 Å². The van der Waals surface area contributed by atoms with E-state index in [-0.39, 0.29) is 18.5 Å². The van der Waals surface area contributed by atoms with E-state index in [1.165, 1.54) is 7.11 Å². The molecule has 0 radical (unpaired) electrons. The third-order valence-electron chi connectivity index (χ3n) is 2.45. The maximum atomic E-state index is 11.7. The van der Waals surface area contributed by atoms with Gasteiger partial charge in [0, 0.05) is 13.7 Å². The molecule has 1 rings (SSSR count). The molecule has 88 valence electrons. The van der Waals surface area contributed by atoms with Crippen LogP contribution in [0.3, 0.4) is 0 Å². The Morgan fingerprint density at radius 2 is 2.06 bits per heavy atom. The minimum absolute atomic E-state index is 0.0436. The topological polar surface area (TPSA) is 64.3 Å². The molecule has 0 aliphatic carbocycles. The van der Waals surface area contributed by atoms with Crippen LogP contribution in [0, 0.1) is 0 Å². The Morgan fingerprint density at radius 3 is 2.56 bits per heavy atom. The van der Waals surface area contributed by atoms with Crippen molar-refractivity contribution in [2.45, 2.75) is 19.1 Å². The van der Waals surface area contributed by atoms with E-state index in [4.69, 9.17) is 10.5 Å². The number of carbonyl (C=O) groups excluding carboxylic acids is 1. The average molecular weight is 222 g/mol. The van der Waals surface area contributed by atoms with Crippen molar-refractivity contribution in [1.82, 2.24) is 5.32 Å². The lowest BCUT2D eigenvalue weighted by atomic mass is 10.1. The number of amides is 1. The molecule has 0 spiro atoms. The van der Waals surface area contributed by atoms with Gasteiger partial charge in [0.15, 0.2) is 0 Å². The summed E-state index contributed by atoms with van der Waals surface area (Å²) in [5.74, 6) is -0.179. The number of nitrogens with one attached hydrogen (secondary N) is 1. The zero-order valence-electron chi connectivity index (χ0n) is 9.64. The second-order valence-corrected chi connectivity index (χ2v) is 3.60. The molecule has 0 aliphatic rings. The van der Waals surface area contributed by atoms with Crippen LogP contribution in [0.25, 0.3) is 0 Å². The van der Waals surface area contributed by atoms with Gasteiger partial charge < -0.3 is 15.8 Å². The molecule has 1 aromatic carbocycles. The second-order valence-electron chi connectivity index (χ2n) is 3.60. The molecule has 1 unspecified atom stereocenters. The highest BCUT2D eigenvalue weighted by Gasteiger charge is 2.17. The first kappa shape index (κ1) is 12.7. The Morgan fingerprint density at radius 1 is 1.44 bits per heavy atom. The van der Waals surface area contributed by atoms with Crippen molar-refractivity contribution >= 4 is 5.91 Å². The van der Waals surface area contributed by atoms with Crippen molar-refractivity contribution in [3.63, 3.8) is 0 Å². The zero-order chi connectivity index (χ0) is 12.0. The van der Waals surface area contributed by atoms with Crippen molar-refractivity contribution in [2.24, 2.45) is 5.73 Å². The van der Waals surface area contributed by atoms with Gasteiger partial charge in [-0.1, -0.05) is 30.3 Å². The lowest BCUT2D eigenvalue weighted by Gasteiger charge is -2.18. The summed E-state index contributed by atoms with van der Waals surface area (Å²) in [4.78, 5) is 11.7. The molecular weight excluding hydrogens is 204 g/mol. The minimum atomic E-state index is -0.578. The third kappa shape index (κ3) is 3.32. The van der Waals surface area contributed by atoms with Gasteiger partial charge in [0.1, 0.15) is 6.10 Å². The Balaban J connectivity index is 2.58. The van der Waals surface area contributed by atoms with Crippen LogP contribution in [-0.4, -0.2) is 25.7 Å². The fourth-order valence-electron chi connectivity index (χ4n) is 1.44. The van der Waals surface area contributed by atoms with E-state index in [0.717, 1.165) is 5.56 Å². The Labute approximate surface area is 95.8 Å². The predicted molar refractivity (Wildman–Crippen MR) is 62.9 cm³/mol. The highest BCUT2D eigenvalue weighted by Crippen LogP contribution is 2.11. The molecule has 3 N–H and O–H groups in total. The standard InChI is InChI=1S/C12H18N2O2/c1-9(10-6-4-3-5-7-10)14-12(15)11(8-13)16-2/h3-7,9,11H,8,13H2,1-2H3,(H,14,15)/t9-,11?/m1/s1. The van der Waals surface area contributed by atoms with Crippen molar-refractivity contribution in [3.8, 4) is 0 Å². The summed E-state index contributed by atoms with van der Waals surface area (Å²) in [6.45, 7) is 2.11. The molecule has 16 heavy (non-hydrogen) atoms. The highest BCUT2D eigenvalue weighted by molar-refractivity contribution is 5.81. The lowest BCUT2D eigenvalue weighted by Crippen LogP contribution is -2.41. The number of ether oxygens (including phenoxy) is 1. The van der Waals surface area contributed by atoms with Gasteiger partial charge in [-0.2, -0.15) is 0 Å². The molecule has 0 bridgehead atoms. The minimum Gasteiger partial charge on any atom is -0.370 e. The monoisotopic (exact) mass is 222 g/mol. The van der Waals surface area contributed by atoms with Gasteiger partial charge in [-0.15, -0.1) is 0 Å². The third-order valence-corrected chi connectivity index (χ3v) is 2.45. The van der Waals surface area contributed by atoms with Crippen molar-refractivity contribution in [1.29, 1.82) is 0 Å². The molecule has 0 fully saturated rings.